The van der Waals surface area contributed by atoms with E-state index in [0.717, 1.165) is 23.0 Å². The first-order valence-corrected chi connectivity index (χ1v) is 4.33. The van der Waals surface area contributed by atoms with Crippen LogP contribution in [0.25, 0.3) is 0 Å². The van der Waals surface area contributed by atoms with E-state index in [-0.39, 0.29) is 29.6 Å². The molecule has 0 aliphatic rings. The average Bonchev–Trinajstić information content (AvgIpc) is 1.97. The van der Waals surface area contributed by atoms with Crippen LogP contribution in [0.4, 0.5) is 4.79 Å². The number of thiol groups is 2. The van der Waals surface area contributed by atoms with Gasteiger partial charge in [-0.15, -0.1) is 0 Å². The molecule has 0 saturated heterocycles. The average molecular weight is 219 g/mol. The molecule has 0 spiro atoms. The number of nitrogens with zero attached hydrogens (tertiary/aromatic N) is 1. The fourth-order valence-corrected chi connectivity index (χ4v) is 0.685. The molecular formula is C6H14NNaO2S2. The minimum atomic E-state index is -0.521. The van der Waals surface area contributed by atoms with E-state index in [2.05, 4.69) is 32.6 Å². The predicted molar refractivity (Wildman–Crippen MR) is 57.8 cm³/mol. The Balaban J connectivity index is 0. The molecule has 0 heterocycles. The quantitative estimate of drug-likeness (QED) is 0.428. The van der Waals surface area contributed by atoms with Crippen molar-refractivity contribution in [3.05, 3.63) is 0 Å². The minimum absolute atomic E-state index is 0. The number of rotatable bonds is 4. The molecule has 0 unspecified atom stereocenters. The molecule has 0 aromatic rings. The second-order valence-electron chi connectivity index (χ2n) is 2.11. The molecule has 0 rings (SSSR count). The van der Waals surface area contributed by atoms with Gasteiger partial charge < -0.3 is 4.74 Å². The number of hydrogen-bond acceptors (Lipinski definition) is 4. The van der Waals surface area contributed by atoms with Gasteiger partial charge >= 0.3 is 35.7 Å². The number of carbonyl (C=O) groups excluding carboxylic acids is 1. The summed E-state index contributed by atoms with van der Waals surface area (Å²) in [5.41, 5.74) is 0. The van der Waals surface area contributed by atoms with E-state index in [1.54, 1.807) is 0 Å². The van der Waals surface area contributed by atoms with Gasteiger partial charge in [0.15, 0.2) is 0 Å². The first-order valence-electron chi connectivity index (χ1n) is 3.53. The van der Waals surface area contributed by atoms with Gasteiger partial charge in [-0.3, -0.25) is 0 Å². The van der Waals surface area contributed by atoms with E-state index in [1.165, 1.54) is 0 Å². The second kappa shape index (κ2) is 10.1. The molecule has 12 heavy (non-hydrogen) atoms. The number of unbranched alkanes of at least 4 members (excludes halogenated alkanes) is 2. The van der Waals surface area contributed by atoms with Gasteiger partial charge in [0.1, 0.15) is 0 Å². The van der Waals surface area contributed by atoms with Crippen molar-refractivity contribution in [1.29, 1.82) is 0 Å². The van der Waals surface area contributed by atoms with Crippen molar-refractivity contribution in [3.63, 3.8) is 0 Å². The Kier molecular flexibility index (Phi) is 12.9. The summed E-state index contributed by atoms with van der Waals surface area (Å²) in [7, 11) is 0. The maximum atomic E-state index is 10.7. The van der Waals surface area contributed by atoms with Crippen LogP contribution in [0.15, 0.2) is 0 Å². The van der Waals surface area contributed by atoms with Crippen LogP contribution in [0.1, 0.15) is 26.2 Å². The van der Waals surface area contributed by atoms with Gasteiger partial charge in [-0.1, -0.05) is 19.8 Å². The summed E-state index contributed by atoms with van der Waals surface area (Å²) in [6.07, 6.45) is 2.57. The van der Waals surface area contributed by atoms with Crippen molar-refractivity contribution < 1.29 is 9.53 Å². The first kappa shape index (κ1) is 15.4. The third-order valence-corrected chi connectivity index (χ3v) is 1.46. The van der Waals surface area contributed by atoms with Gasteiger partial charge in [0.25, 0.3) is 0 Å². The molecule has 0 aliphatic heterocycles. The summed E-state index contributed by atoms with van der Waals surface area (Å²) in [6.45, 7) is 2.54. The molecule has 0 aromatic heterocycles. The molecule has 0 radical (unpaired) electrons. The predicted octanol–water partition coefficient (Wildman–Crippen LogP) is 1.66. The van der Waals surface area contributed by atoms with E-state index in [0.29, 0.717) is 6.61 Å². The van der Waals surface area contributed by atoms with E-state index < -0.39 is 6.09 Å². The number of amides is 1. The first-order chi connectivity index (χ1) is 5.18. The van der Waals surface area contributed by atoms with Crippen LogP contribution in [-0.2, 0) is 4.74 Å². The van der Waals surface area contributed by atoms with Gasteiger partial charge in [-0.2, -0.15) is 3.71 Å². The van der Waals surface area contributed by atoms with Crippen molar-refractivity contribution in [2.75, 3.05) is 6.61 Å². The van der Waals surface area contributed by atoms with Crippen molar-refractivity contribution >= 4 is 61.3 Å². The van der Waals surface area contributed by atoms with Gasteiger partial charge in [0, 0.05) is 0 Å². The normalized spacial score (nSPS) is 8.58. The van der Waals surface area contributed by atoms with E-state index in [4.69, 9.17) is 4.74 Å². The van der Waals surface area contributed by atoms with Gasteiger partial charge in [0.2, 0.25) is 0 Å². The molecule has 0 fully saturated rings. The van der Waals surface area contributed by atoms with Crippen molar-refractivity contribution in [2.24, 2.45) is 0 Å². The zero-order valence-corrected chi connectivity index (χ0v) is 8.28. The third-order valence-electron chi connectivity index (χ3n) is 1.14. The molecule has 0 saturated carbocycles. The summed E-state index contributed by atoms with van der Waals surface area (Å²) in [4.78, 5) is 10.7. The Hall–Kier alpha value is 0.970. The Morgan fingerprint density at radius 2 is 2.00 bits per heavy atom. The Labute approximate surface area is 107 Å². The van der Waals surface area contributed by atoms with Crippen LogP contribution in [-0.4, -0.2) is 46.0 Å². The van der Waals surface area contributed by atoms with Crippen molar-refractivity contribution in [3.8, 4) is 0 Å². The SMILES string of the molecule is CCCCCOC(=O)N(S)S.[NaH]. The van der Waals surface area contributed by atoms with Crippen LogP contribution in [0, 0.1) is 0 Å². The van der Waals surface area contributed by atoms with E-state index >= 15 is 0 Å². The van der Waals surface area contributed by atoms with Crippen LogP contribution in [0.5, 0.6) is 0 Å². The molecule has 3 nitrogen and oxygen atoms in total. The molecule has 0 bridgehead atoms. The molecule has 68 valence electrons. The molecule has 0 N–H and O–H groups in total. The van der Waals surface area contributed by atoms with Gasteiger partial charge in [-0.05, 0) is 32.1 Å². The molecule has 0 atom stereocenters. The van der Waals surface area contributed by atoms with Gasteiger partial charge in [-0.25, -0.2) is 4.79 Å². The molecule has 0 aromatic carbocycles. The maximum absolute atomic E-state index is 10.7. The summed E-state index contributed by atoms with van der Waals surface area (Å²) >= 11 is 7.28. The zero-order chi connectivity index (χ0) is 8.69. The van der Waals surface area contributed by atoms with Crippen LogP contribution in [0.2, 0.25) is 0 Å². The zero-order valence-electron chi connectivity index (χ0n) is 6.49. The van der Waals surface area contributed by atoms with E-state index in [1.807, 2.05) is 0 Å². The summed E-state index contributed by atoms with van der Waals surface area (Å²) in [5, 5.41) is 0. The monoisotopic (exact) mass is 219 g/mol. The van der Waals surface area contributed by atoms with E-state index in [9.17, 15) is 4.79 Å². The van der Waals surface area contributed by atoms with Gasteiger partial charge in [0.05, 0.1) is 6.61 Å². The topological polar surface area (TPSA) is 29.5 Å². The summed E-state index contributed by atoms with van der Waals surface area (Å²) in [6, 6.07) is 0. The second-order valence-corrected chi connectivity index (χ2v) is 3.23. The Morgan fingerprint density at radius 1 is 1.42 bits per heavy atom. The Morgan fingerprint density at radius 3 is 2.42 bits per heavy atom. The number of carbonyl (C=O) groups is 1. The summed E-state index contributed by atoms with van der Waals surface area (Å²) < 4.78 is 5.57. The fourth-order valence-electron chi connectivity index (χ4n) is 0.569. The standard InChI is InChI=1S/C6H13NO2S2.Na.H/c1-2-3-4-5-9-6(8)7(10)11;;/h10-11H,2-5H2,1H3;;. The molecule has 1 amide bonds. The molecule has 6 heteroatoms. The number of hydrogen-bond donors (Lipinski definition) is 2. The van der Waals surface area contributed by atoms with Crippen molar-refractivity contribution in [2.45, 2.75) is 26.2 Å². The third kappa shape index (κ3) is 9.06. The van der Waals surface area contributed by atoms with Crippen LogP contribution < -0.4 is 0 Å². The number of ether oxygens (including phenoxy) is 1. The fraction of sp³-hybridized carbons (Fsp3) is 0.833. The molecule has 0 aliphatic carbocycles. The van der Waals surface area contributed by atoms with Crippen LogP contribution in [0.3, 0.4) is 0 Å². The Bertz CT molecular complexity index is 124. The van der Waals surface area contributed by atoms with Crippen molar-refractivity contribution in [1.82, 2.24) is 3.71 Å². The van der Waals surface area contributed by atoms with Crippen LogP contribution >= 0.6 is 25.6 Å². The molecular weight excluding hydrogens is 205 g/mol. The summed E-state index contributed by atoms with van der Waals surface area (Å²) in [5.74, 6) is 0.